The Kier molecular flexibility index (Phi) is 3.91. The van der Waals surface area contributed by atoms with Gasteiger partial charge in [0.1, 0.15) is 5.76 Å². The summed E-state index contributed by atoms with van der Waals surface area (Å²) in [6.07, 6.45) is 4.77. The number of morpholine rings is 1. The van der Waals surface area contributed by atoms with Crippen molar-refractivity contribution in [3.05, 3.63) is 23.7 Å². The first-order chi connectivity index (χ1) is 9.22. The molecule has 2 aliphatic rings. The average molecular weight is 264 g/mol. The maximum absolute atomic E-state index is 5.68. The summed E-state index contributed by atoms with van der Waals surface area (Å²) < 4.78 is 11.3. The molecule has 106 valence electrons. The van der Waals surface area contributed by atoms with Crippen molar-refractivity contribution in [3.63, 3.8) is 0 Å². The second-order valence-electron chi connectivity index (χ2n) is 5.95. The second kappa shape index (κ2) is 5.65. The molecule has 1 aliphatic heterocycles. The molecule has 1 aromatic rings. The number of hydrogen-bond donors (Lipinski definition) is 1. The number of nitrogens with one attached hydrogen (secondary N) is 1. The van der Waals surface area contributed by atoms with E-state index in [4.69, 9.17) is 9.15 Å². The zero-order valence-corrected chi connectivity index (χ0v) is 11.9. The first kappa shape index (κ1) is 13.2. The van der Waals surface area contributed by atoms with Gasteiger partial charge >= 0.3 is 0 Å². The molecule has 3 rings (SSSR count). The first-order valence-electron chi connectivity index (χ1n) is 7.36. The summed E-state index contributed by atoms with van der Waals surface area (Å²) in [5.41, 5.74) is 1.31. The fourth-order valence-electron chi connectivity index (χ4n) is 2.60. The van der Waals surface area contributed by atoms with Crippen LogP contribution in [0.2, 0.25) is 0 Å². The molecule has 4 nitrogen and oxygen atoms in total. The molecule has 1 N–H and O–H groups in total. The van der Waals surface area contributed by atoms with Gasteiger partial charge in [0.25, 0.3) is 0 Å². The van der Waals surface area contributed by atoms with Crippen molar-refractivity contribution >= 4 is 0 Å². The Morgan fingerprint density at radius 2 is 2.21 bits per heavy atom. The van der Waals surface area contributed by atoms with Crippen molar-refractivity contribution < 1.29 is 9.15 Å². The Balaban J connectivity index is 1.59. The quantitative estimate of drug-likeness (QED) is 0.884. The highest BCUT2D eigenvalue weighted by atomic mass is 16.5. The molecule has 1 saturated carbocycles. The lowest BCUT2D eigenvalue weighted by atomic mass is 10.1. The van der Waals surface area contributed by atoms with Crippen molar-refractivity contribution in [2.75, 3.05) is 13.2 Å². The molecule has 0 aromatic carbocycles. The zero-order chi connectivity index (χ0) is 13.2. The van der Waals surface area contributed by atoms with Crippen LogP contribution in [0.15, 0.2) is 16.7 Å². The molecule has 0 radical (unpaired) electrons. The highest BCUT2D eigenvalue weighted by molar-refractivity contribution is 5.17. The summed E-state index contributed by atoms with van der Waals surface area (Å²) in [5, 5.41) is 3.52. The zero-order valence-electron chi connectivity index (χ0n) is 11.9. The molecular weight excluding hydrogens is 240 g/mol. The molecular formula is C15H24N2O2. The van der Waals surface area contributed by atoms with Gasteiger partial charge in [-0.2, -0.15) is 0 Å². The highest BCUT2D eigenvalue weighted by Gasteiger charge is 2.25. The average Bonchev–Trinajstić information content (AvgIpc) is 3.12. The minimum absolute atomic E-state index is 0.330. The van der Waals surface area contributed by atoms with Crippen LogP contribution in [0.25, 0.3) is 0 Å². The summed E-state index contributed by atoms with van der Waals surface area (Å²) in [6.45, 7) is 8.03. The summed E-state index contributed by atoms with van der Waals surface area (Å²) in [4.78, 5) is 2.49. The molecule has 2 atom stereocenters. The SMILES string of the molecule is CC1CN(Cc2ccoc2CNC2CC2)C(C)CO1. The van der Waals surface area contributed by atoms with Crippen LogP contribution in [-0.2, 0) is 17.8 Å². The number of furan rings is 1. The van der Waals surface area contributed by atoms with Gasteiger partial charge in [-0.15, -0.1) is 0 Å². The van der Waals surface area contributed by atoms with Gasteiger partial charge in [0.15, 0.2) is 0 Å². The van der Waals surface area contributed by atoms with E-state index in [2.05, 4.69) is 30.1 Å². The van der Waals surface area contributed by atoms with Crippen LogP contribution >= 0.6 is 0 Å². The van der Waals surface area contributed by atoms with E-state index in [9.17, 15) is 0 Å². The third kappa shape index (κ3) is 3.38. The molecule has 2 heterocycles. The minimum atomic E-state index is 0.330. The maximum Gasteiger partial charge on any atom is 0.122 e. The molecule has 4 heteroatoms. The number of hydrogen-bond acceptors (Lipinski definition) is 4. The van der Waals surface area contributed by atoms with Crippen LogP contribution < -0.4 is 5.32 Å². The monoisotopic (exact) mass is 264 g/mol. The van der Waals surface area contributed by atoms with Crippen molar-refractivity contribution in [1.82, 2.24) is 10.2 Å². The number of nitrogens with zero attached hydrogens (tertiary/aromatic N) is 1. The van der Waals surface area contributed by atoms with Crippen LogP contribution in [0, 0.1) is 0 Å². The van der Waals surface area contributed by atoms with Crippen molar-refractivity contribution in [3.8, 4) is 0 Å². The van der Waals surface area contributed by atoms with E-state index in [0.717, 1.165) is 38.0 Å². The fourth-order valence-corrected chi connectivity index (χ4v) is 2.60. The van der Waals surface area contributed by atoms with Gasteiger partial charge in [-0.3, -0.25) is 4.90 Å². The molecule has 19 heavy (non-hydrogen) atoms. The smallest absolute Gasteiger partial charge is 0.122 e. The van der Waals surface area contributed by atoms with Crippen LogP contribution in [0.1, 0.15) is 38.0 Å². The van der Waals surface area contributed by atoms with Crippen LogP contribution in [0.5, 0.6) is 0 Å². The standard InChI is InChI=1S/C15H24N2O2/c1-11-10-19-12(2)8-17(11)9-13-5-6-18-15(13)7-16-14-3-4-14/h5-6,11-12,14,16H,3-4,7-10H2,1-2H3. The molecule has 1 aliphatic carbocycles. The predicted molar refractivity (Wildman–Crippen MR) is 73.9 cm³/mol. The summed E-state index contributed by atoms with van der Waals surface area (Å²) in [7, 11) is 0. The van der Waals surface area contributed by atoms with Gasteiger partial charge in [-0.05, 0) is 32.8 Å². The van der Waals surface area contributed by atoms with E-state index < -0.39 is 0 Å². The second-order valence-corrected chi connectivity index (χ2v) is 5.95. The third-order valence-corrected chi connectivity index (χ3v) is 4.08. The molecule has 2 unspecified atom stereocenters. The summed E-state index contributed by atoms with van der Waals surface area (Å²) in [6, 6.07) is 3.31. The largest absolute Gasteiger partial charge is 0.468 e. The molecule has 0 spiro atoms. The van der Waals surface area contributed by atoms with E-state index in [0.29, 0.717) is 12.1 Å². The van der Waals surface area contributed by atoms with Gasteiger partial charge in [-0.1, -0.05) is 0 Å². The van der Waals surface area contributed by atoms with Crippen molar-refractivity contribution in [2.45, 2.75) is 58.0 Å². The van der Waals surface area contributed by atoms with Gasteiger partial charge in [0, 0.05) is 30.7 Å². The lowest BCUT2D eigenvalue weighted by Crippen LogP contribution is -2.46. The van der Waals surface area contributed by atoms with Gasteiger partial charge < -0.3 is 14.5 Å². The molecule has 0 bridgehead atoms. The third-order valence-electron chi connectivity index (χ3n) is 4.08. The first-order valence-corrected chi connectivity index (χ1v) is 7.36. The Morgan fingerprint density at radius 3 is 3.00 bits per heavy atom. The van der Waals surface area contributed by atoms with E-state index in [1.807, 2.05) is 6.26 Å². The normalized spacial score (nSPS) is 28.7. The number of ether oxygens (including phenoxy) is 1. The Morgan fingerprint density at radius 1 is 1.37 bits per heavy atom. The molecule has 0 amide bonds. The summed E-state index contributed by atoms with van der Waals surface area (Å²) >= 11 is 0. The summed E-state index contributed by atoms with van der Waals surface area (Å²) in [5.74, 6) is 1.10. The van der Waals surface area contributed by atoms with Crippen molar-refractivity contribution in [2.24, 2.45) is 0 Å². The minimum Gasteiger partial charge on any atom is -0.468 e. The highest BCUT2D eigenvalue weighted by Crippen LogP contribution is 2.22. The Labute approximate surface area is 115 Å². The Bertz CT molecular complexity index is 414. The lowest BCUT2D eigenvalue weighted by molar-refractivity contribution is -0.0528. The van der Waals surface area contributed by atoms with E-state index >= 15 is 0 Å². The molecule has 2 fully saturated rings. The van der Waals surface area contributed by atoms with Gasteiger partial charge in [0.05, 0.1) is 25.5 Å². The lowest BCUT2D eigenvalue weighted by Gasteiger charge is -2.36. The molecule has 1 aromatic heterocycles. The van der Waals surface area contributed by atoms with E-state index in [1.165, 1.54) is 18.4 Å². The van der Waals surface area contributed by atoms with Gasteiger partial charge in [-0.25, -0.2) is 0 Å². The van der Waals surface area contributed by atoms with E-state index in [-0.39, 0.29) is 0 Å². The van der Waals surface area contributed by atoms with Crippen molar-refractivity contribution in [1.29, 1.82) is 0 Å². The van der Waals surface area contributed by atoms with Gasteiger partial charge in [0.2, 0.25) is 0 Å². The number of rotatable bonds is 5. The van der Waals surface area contributed by atoms with Crippen LogP contribution in [-0.4, -0.2) is 36.2 Å². The fraction of sp³-hybridized carbons (Fsp3) is 0.733. The van der Waals surface area contributed by atoms with Crippen LogP contribution in [0.4, 0.5) is 0 Å². The predicted octanol–water partition coefficient (Wildman–Crippen LogP) is 2.14. The Hall–Kier alpha value is -0.840. The van der Waals surface area contributed by atoms with E-state index in [1.54, 1.807) is 0 Å². The van der Waals surface area contributed by atoms with Crippen LogP contribution in [0.3, 0.4) is 0 Å². The molecule has 1 saturated heterocycles. The topological polar surface area (TPSA) is 37.6 Å². The maximum atomic E-state index is 5.68.